The number of hydrogen-bond acceptors (Lipinski definition) is 4. The highest BCUT2D eigenvalue weighted by Crippen LogP contribution is 2.22. The summed E-state index contributed by atoms with van der Waals surface area (Å²) >= 11 is 1.66. The Morgan fingerprint density at radius 1 is 1.38 bits per heavy atom. The highest BCUT2D eigenvalue weighted by Gasteiger charge is 2.10. The molecule has 1 aromatic carbocycles. The van der Waals surface area contributed by atoms with E-state index >= 15 is 0 Å². The summed E-state index contributed by atoms with van der Waals surface area (Å²) in [5, 5.41) is 10.8. The molecule has 1 heterocycles. The van der Waals surface area contributed by atoms with Crippen LogP contribution in [-0.4, -0.2) is 41.7 Å². The van der Waals surface area contributed by atoms with Crippen molar-refractivity contribution in [1.29, 1.82) is 0 Å². The molecule has 1 unspecified atom stereocenters. The molecule has 2 rings (SSSR count). The summed E-state index contributed by atoms with van der Waals surface area (Å²) in [7, 11) is 3.92. The zero-order valence-corrected chi connectivity index (χ0v) is 10.4. The van der Waals surface area contributed by atoms with E-state index in [1.807, 2.05) is 37.2 Å². The zero-order valence-electron chi connectivity index (χ0n) is 9.55. The number of aliphatic hydroxyl groups excluding tert-OH is 1. The second kappa shape index (κ2) is 4.91. The first kappa shape index (κ1) is 11.5. The highest BCUT2D eigenvalue weighted by molar-refractivity contribution is 7.18. The number of thiazole rings is 1. The van der Waals surface area contributed by atoms with Gasteiger partial charge in [0.05, 0.1) is 21.3 Å². The molecule has 0 radical (unpaired) electrons. The number of aliphatic hydroxyl groups is 1. The first-order valence-electron chi connectivity index (χ1n) is 5.32. The SMILES string of the molecule is CN(C)CC(O)Cc1nc2ccccc2s1. The maximum Gasteiger partial charge on any atom is 0.0964 e. The van der Waals surface area contributed by atoms with Crippen molar-refractivity contribution >= 4 is 21.6 Å². The fourth-order valence-corrected chi connectivity index (χ4v) is 2.73. The summed E-state index contributed by atoms with van der Waals surface area (Å²) in [5.41, 5.74) is 1.03. The van der Waals surface area contributed by atoms with E-state index in [4.69, 9.17) is 0 Å². The molecule has 0 saturated heterocycles. The van der Waals surface area contributed by atoms with Gasteiger partial charge in [0.1, 0.15) is 0 Å². The first-order valence-corrected chi connectivity index (χ1v) is 6.14. The minimum atomic E-state index is -0.337. The van der Waals surface area contributed by atoms with Crippen LogP contribution in [0.3, 0.4) is 0 Å². The van der Waals surface area contributed by atoms with Crippen molar-refractivity contribution in [3.63, 3.8) is 0 Å². The van der Waals surface area contributed by atoms with E-state index < -0.39 is 0 Å². The standard InChI is InChI=1S/C12H16N2OS/c1-14(2)8-9(15)7-12-13-10-5-3-4-6-11(10)16-12/h3-6,9,15H,7-8H2,1-2H3. The molecule has 2 aromatic rings. The molecule has 3 nitrogen and oxygen atoms in total. The Balaban J connectivity index is 2.09. The van der Waals surface area contributed by atoms with Crippen molar-refractivity contribution in [2.75, 3.05) is 20.6 Å². The van der Waals surface area contributed by atoms with E-state index in [9.17, 15) is 5.11 Å². The molecule has 1 atom stereocenters. The van der Waals surface area contributed by atoms with Gasteiger partial charge in [-0.25, -0.2) is 4.98 Å². The second-order valence-corrected chi connectivity index (χ2v) is 5.31. The van der Waals surface area contributed by atoms with Gasteiger partial charge in [-0.3, -0.25) is 0 Å². The molecule has 0 aliphatic carbocycles. The molecular weight excluding hydrogens is 220 g/mol. The molecule has 0 aliphatic rings. The maximum absolute atomic E-state index is 9.82. The third kappa shape index (κ3) is 2.78. The van der Waals surface area contributed by atoms with Crippen molar-refractivity contribution in [2.24, 2.45) is 0 Å². The number of benzene rings is 1. The molecule has 16 heavy (non-hydrogen) atoms. The molecule has 1 aromatic heterocycles. The lowest BCUT2D eigenvalue weighted by molar-refractivity contribution is 0.137. The summed E-state index contributed by atoms with van der Waals surface area (Å²) in [6.45, 7) is 0.677. The molecule has 0 amide bonds. The van der Waals surface area contributed by atoms with Gasteiger partial charge in [0.15, 0.2) is 0 Å². The summed E-state index contributed by atoms with van der Waals surface area (Å²) in [6, 6.07) is 8.07. The van der Waals surface area contributed by atoms with Gasteiger partial charge in [-0.1, -0.05) is 12.1 Å². The van der Waals surface area contributed by atoms with Gasteiger partial charge >= 0.3 is 0 Å². The van der Waals surface area contributed by atoms with Gasteiger partial charge in [0, 0.05) is 13.0 Å². The largest absolute Gasteiger partial charge is 0.391 e. The molecule has 0 bridgehead atoms. The van der Waals surface area contributed by atoms with Crippen LogP contribution in [0.2, 0.25) is 0 Å². The number of hydrogen-bond donors (Lipinski definition) is 1. The second-order valence-electron chi connectivity index (χ2n) is 4.20. The van der Waals surface area contributed by atoms with Crippen molar-refractivity contribution in [3.8, 4) is 0 Å². The molecule has 0 saturated carbocycles. The van der Waals surface area contributed by atoms with E-state index in [-0.39, 0.29) is 6.10 Å². The summed E-state index contributed by atoms with van der Waals surface area (Å²) in [4.78, 5) is 6.48. The number of aromatic nitrogens is 1. The van der Waals surface area contributed by atoms with Gasteiger partial charge in [-0.2, -0.15) is 0 Å². The van der Waals surface area contributed by atoms with Crippen LogP contribution >= 0.6 is 11.3 Å². The van der Waals surface area contributed by atoms with Gasteiger partial charge < -0.3 is 10.0 Å². The average molecular weight is 236 g/mol. The van der Waals surface area contributed by atoms with Crippen LogP contribution in [0.4, 0.5) is 0 Å². The van der Waals surface area contributed by atoms with Crippen molar-refractivity contribution in [1.82, 2.24) is 9.88 Å². The number of para-hydroxylation sites is 1. The van der Waals surface area contributed by atoms with E-state index in [0.717, 1.165) is 10.5 Å². The fourth-order valence-electron chi connectivity index (χ4n) is 1.69. The molecule has 0 fully saturated rings. The Hall–Kier alpha value is -0.970. The Bertz CT molecular complexity index is 434. The number of likely N-dealkylation sites (N-methyl/N-ethyl adjacent to an activating group) is 1. The highest BCUT2D eigenvalue weighted by atomic mass is 32.1. The maximum atomic E-state index is 9.82. The quantitative estimate of drug-likeness (QED) is 0.879. The van der Waals surface area contributed by atoms with Crippen molar-refractivity contribution < 1.29 is 5.11 Å². The Kier molecular flexibility index (Phi) is 3.53. The number of nitrogens with zero attached hydrogens (tertiary/aromatic N) is 2. The lowest BCUT2D eigenvalue weighted by atomic mass is 10.2. The van der Waals surface area contributed by atoms with E-state index in [2.05, 4.69) is 11.1 Å². The number of rotatable bonds is 4. The van der Waals surface area contributed by atoms with Crippen LogP contribution in [-0.2, 0) is 6.42 Å². The van der Waals surface area contributed by atoms with Crippen LogP contribution in [0.5, 0.6) is 0 Å². The zero-order chi connectivity index (χ0) is 11.5. The summed E-state index contributed by atoms with van der Waals surface area (Å²) < 4.78 is 1.19. The topological polar surface area (TPSA) is 36.4 Å². The Morgan fingerprint density at radius 2 is 2.12 bits per heavy atom. The van der Waals surface area contributed by atoms with Crippen LogP contribution in [0, 0.1) is 0 Å². The van der Waals surface area contributed by atoms with Crippen LogP contribution < -0.4 is 0 Å². The van der Waals surface area contributed by atoms with E-state index in [1.165, 1.54) is 4.70 Å². The monoisotopic (exact) mass is 236 g/mol. The molecule has 86 valence electrons. The normalized spacial score (nSPS) is 13.5. The smallest absolute Gasteiger partial charge is 0.0964 e. The van der Waals surface area contributed by atoms with Gasteiger partial charge in [0.25, 0.3) is 0 Å². The Morgan fingerprint density at radius 3 is 2.81 bits per heavy atom. The van der Waals surface area contributed by atoms with Gasteiger partial charge in [-0.15, -0.1) is 11.3 Å². The molecule has 1 N–H and O–H groups in total. The Labute approximate surface area is 99.4 Å². The minimum Gasteiger partial charge on any atom is -0.391 e. The predicted octanol–water partition coefficient (Wildman–Crippen LogP) is 1.76. The third-order valence-corrected chi connectivity index (χ3v) is 3.38. The van der Waals surface area contributed by atoms with E-state index in [1.54, 1.807) is 11.3 Å². The van der Waals surface area contributed by atoms with Gasteiger partial charge in [0.2, 0.25) is 0 Å². The molecule has 0 spiro atoms. The van der Waals surface area contributed by atoms with Crippen molar-refractivity contribution in [3.05, 3.63) is 29.3 Å². The van der Waals surface area contributed by atoms with Crippen LogP contribution in [0.25, 0.3) is 10.2 Å². The number of fused-ring (bicyclic) bond motifs is 1. The minimum absolute atomic E-state index is 0.337. The predicted molar refractivity (Wildman–Crippen MR) is 67.9 cm³/mol. The van der Waals surface area contributed by atoms with Crippen LogP contribution in [0.15, 0.2) is 24.3 Å². The first-order chi connectivity index (χ1) is 7.65. The lowest BCUT2D eigenvalue weighted by Crippen LogP contribution is -2.27. The summed E-state index contributed by atoms with van der Waals surface area (Å²) in [5.74, 6) is 0. The fraction of sp³-hybridized carbons (Fsp3) is 0.417. The summed E-state index contributed by atoms with van der Waals surface area (Å²) in [6.07, 6.45) is 0.299. The molecule has 0 aliphatic heterocycles. The molecule has 4 heteroatoms. The van der Waals surface area contributed by atoms with Crippen LogP contribution in [0.1, 0.15) is 5.01 Å². The average Bonchev–Trinajstić information content (AvgIpc) is 2.57. The third-order valence-electron chi connectivity index (χ3n) is 2.32. The lowest BCUT2D eigenvalue weighted by Gasteiger charge is -2.14. The van der Waals surface area contributed by atoms with Gasteiger partial charge in [-0.05, 0) is 26.2 Å². The van der Waals surface area contributed by atoms with Crippen molar-refractivity contribution in [2.45, 2.75) is 12.5 Å². The molecular formula is C12H16N2OS. The van der Waals surface area contributed by atoms with E-state index in [0.29, 0.717) is 13.0 Å².